The molecule has 2 heterocycles. The summed E-state index contributed by atoms with van der Waals surface area (Å²) in [6.07, 6.45) is 0. The maximum atomic E-state index is 13.7. The summed E-state index contributed by atoms with van der Waals surface area (Å²) in [6, 6.07) is 23.2. The van der Waals surface area contributed by atoms with E-state index < -0.39 is 0 Å². The van der Waals surface area contributed by atoms with Crippen LogP contribution in [0.15, 0.2) is 82.7 Å². The minimum atomic E-state index is -0.163. The van der Waals surface area contributed by atoms with E-state index in [2.05, 4.69) is 15.5 Å². The number of fused-ring (bicyclic) bond motifs is 1. The van der Waals surface area contributed by atoms with Gasteiger partial charge in [-0.1, -0.05) is 60.3 Å². The van der Waals surface area contributed by atoms with Gasteiger partial charge in [-0.15, -0.1) is 5.10 Å². The van der Waals surface area contributed by atoms with Crippen molar-refractivity contribution in [1.82, 2.24) is 29.8 Å². The van der Waals surface area contributed by atoms with Crippen LogP contribution in [0.2, 0.25) is 0 Å². The fourth-order valence-electron chi connectivity index (χ4n) is 3.96. The molecule has 0 fully saturated rings. The third-order valence-electron chi connectivity index (χ3n) is 5.55. The summed E-state index contributed by atoms with van der Waals surface area (Å²) in [5, 5.41) is 13.4. The Kier molecular flexibility index (Phi) is 5.51. The molecule has 2 aromatic heterocycles. The molecule has 8 heteroatoms. The molecule has 0 aliphatic rings. The van der Waals surface area contributed by atoms with E-state index in [-0.39, 0.29) is 10.8 Å². The van der Waals surface area contributed by atoms with Gasteiger partial charge in [0.15, 0.2) is 11.0 Å². The second-order valence-electron chi connectivity index (χ2n) is 7.84. The summed E-state index contributed by atoms with van der Waals surface area (Å²) in [5.74, 6) is 0.682. The van der Waals surface area contributed by atoms with Crippen LogP contribution in [0, 0.1) is 13.8 Å². The summed E-state index contributed by atoms with van der Waals surface area (Å²) in [6.45, 7) is 6.04. The monoisotopic (exact) mass is 454 g/mol. The number of thioether (sulfide) groups is 1. The molecule has 1 unspecified atom stereocenters. The van der Waals surface area contributed by atoms with Gasteiger partial charge in [-0.25, -0.2) is 4.98 Å². The minimum Gasteiger partial charge on any atom is -0.268 e. The van der Waals surface area contributed by atoms with E-state index in [9.17, 15) is 4.79 Å². The van der Waals surface area contributed by atoms with Crippen molar-refractivity contribution in [3.8, 4) is 11.4 Å². The van der Waals surface area contributed by atoms with Crippen LogP contribution >= 0.6 is 11.8 Å². The zero-order chi connectivity index (χ0) is 22.9. The predicted molar refractivity (Wildman–Crippen MR) is 130 cm³/mol. The van der Waals surface area contributed by atoms with Gasteiger partial charge in [0.05, 0.1) is 27.5 Å². The third kappa shape index (κ3) is 3.82. The van der Waals surface area contributed by atoms with Gasteiger partial charge in [0.1, 0.15) is 0 Å². The third-order valence-corrected chi connectivity index (χ3v) is 6.60. The summed E-state index contributed by atoms with van der Waals surface area (Å²) in [5.41, 5.74) is 4.34. The number of hydrogen-bond acceptors (Lipinski definition) is 6. The van der Waals surface area contributed by atoms with Crippen molar-refractivity contribution in [2.45, 2.75) is 31.2 Å². The minimum absolute atomic E-state index is 0.0876. The first kappa shape index (κ1) is 21.1. The molecule has 0 aliphatic carbocycles. The Morgan fingerprint density at radius 2 is 1.58 bits per heavy atom. The van der Waals surface area contributed by atoms with E-state index in [1.807, 2.05) is 93.6 Å². The highest BCUT2D eigenvalue weighted by Gasteiger charge is 2.22. The molecular formula is C25H22N6OS. The van der Waals surface area contributed by atoms with Gasteiger partial charge >= 0.3 is 0 Å². The van der Waals surface area contributed by atoms with Gasteiger partial charge in [0.25, 0.3) is 5.56 Å². The van der Waals surface area contributed by atoms with E-state index in [4.69, 9.17) is 4.98 Å². The van der Waals surface area contributed by atoms with Crippen LogP contribution in [0.3, 0.4) is 0 Å². The molecule has 0 spiro atoms. The first-order valence-electron chi connectivity index (χ1n) is 10.6. The molecule has 33 heavy (non-hydrogen) atoms. The van der Waals surface area contributed by atoms with E-state index in [0.717, 1.165) is 22.5 Å². The molecule has 3 aromatic carbocycles. The summed E-state index contributed by atoms with van der Waals surface area (Å²) in [7, 11) is 0. The quantitative estimate of drug-likeness (QED) is 0.280. The van der Waals surface area contributed by atoms with Crippen molar-refractivity contribution in [1.29, 1.82) is 0 Å². The number of nitrogens with zero attached hydrogens (tertiary/aromatic N) is 6. The first-order valence-corrected chi connectivity index (χ1v) is 11.5. The maximum Gasteiger partial charge on any atom is 0.266 e. The normalized spacial score (nSPS) is 12.2. The van der Waals surface area contributed by atoms with E-state index in [0.29, 0.717) is 21.9 Å². The van der Waals surface area contributed by atoms with Gasteiger partial charge in [-0.05, 0) is 66.6 Å². The molecule has 0 radical (unpaired) electrons. The second-order valence-corrected chi connectivity index (χ2v) is 9.14. The van der Waals surface area contributed by atoms with Gasteiger partial charge in [-0.3, -0.25) is 9.36 Å². The molecular weight excluding hydrogens is 432 g/mol. The van der Waals surface area contributed by atoms with Crippen molar-refractivity contribution in [3.05, 3.63) is 100 Å². The van der Waals surface area contributed by atoms with Crippen LogP contribution in [0.5, 0.6) is 0 Å². The van der Waals surface area contributed by atoms with Crippen LogP contribution in [0.25, 0.3) is 22.3 Å². The molecule has 0 N–H and O–H groups in total. The van der Waals surface area contributed by atoms with E-state index >= 15 is 0 Å². The van der Waals surface area contributed by atoms with Crippen molar-refractivity contribution in [2.75, 3.05) is 0 Å². The molecule has 1 atom stereocenters. The van der Waals surface area contributed by atoms with E-state index in [1.165, 1.54) is 11.8 Å². The molecule has 0 amide bonds. The Morgan fingerprint density at radius 1 is 0.879 bits per heavy atom. The number of aromatic nitrogens is 6. The van der Waals surface area contributed by atoms with Crippen molar-refractivity contribution >= 4 is 22.7 Å². The largest absolute Gasteiger partial charge is 0.268 e. The predicted octanol–water partition coefficient (Wildman–Crippen LogP) is 4.83. The van der Waals surface area contributed by atoms with Crippen LogP contribution in [-0.4, -0.2) is 29.8 Å². The van der Waals surface area contributed by atoms with Crippen LogP contribution in [0.1, 0.15) is 29.1 Å². The topological polar surface area (TPSA) is 78.5 Å². The number of benzene rings is 3. The van der Waals surface area contributed by atoms with Gasteiger partial charge in [-0.2, -0.15) is 4.68 Å². The molecule has 164 valence electrons. The SMILES string of the molecule is Cc1cccc(C)c1-n1c(SC(C)c2nnnn2-c2ccccc2)nc2ccccc2c1=O. The standard InChI is InChI=1S/C25H22N6OS/c1-16-10-9-11-17(2)22(16)30-24(32)20-14-7-8-15-21(20)26-25(30)33-18(3)23-27-28-29-31(23)19-12-5-4-6-13-19/h4-15,18H,1-3H3. The number of tetrazole rings is 1. The van der Waals surface area contributed by atoms with Crippen LogP contribution in [0.4, 0.5) is 0 Å². The van der Waals surface area contributed by atoms with Crippen molar-refractivity contribution < 1.29 is 0 Å². The molecule has 5 aromatic rings. The smallest absolute Gasteiger partial charge is 0.266 e. The summed E-state index contributed by atoms with van der Waals surface area (Å²) < 4.78 is 3.45. The van der Waals surface area contributed by atoms with Crippen molar-refractivity contribution in [2.24, 2.45) is 0 Å². The zero-order valence-electron chi connectivity index (χ0n) is 18.5. The fraction of sp³-hybridized carbons (Fsp3) is 0.160. The molecule has 0 saturated heterocycles. The maximum absolute atomic E-state index is 13.7. The van der Waals surface area contributed by atoms with Crippen LogP contribution in [-0.2, 0) is 0 Å². The Hall–Kier alpha value is -3.78. The second kappa shape index (κ2) is 8.63. The average molecular weight is 455 g/mol. The fourth-order valence-corrected chi connectivity index (χ4v) is 4.96. The van der Waals surface area contributed by atoms with Crippen molar-refractivity contribution in [3.63, 3.8) is 0 Å². The highest BCUT2D eigenvalue weighted by atomic mass is 32.2. The lowest BCUT2D eigenvalue weighted by atomic mass is 10.1. The number of hydrogen-bond donors (Lipinski definition) is 0. The molecule has 0 bridgehead atoms. The average Bonchev–Trinajstić information content (AvgIpc) is 3.32. The Balaban J connectivity index is 1.67. The lowest BCUT2D eigenvalue weighted by Crippen LogP contribution is -2.23. The van der Waals surface area contributed by atoms with Gasteiger partial charge in [0.2, 0.25) is 0 Å². The zero-order valence-corrected chi connectivity index (χ0v) is 19.3. The first-order chi connectivity index (χ1) is 16.0. The lowest BCUT2D eigenvalue weighted by molar-refractivity contribution is 0.757. The number of para-hydroxylation sites is 3. The summed E-state index contributed by atoms with van der Waals surface area (Å²) >= 11 is 1.47. The Bertz CT molecular complexity index is 1490. The molecule has 5 rings (SSSR count). The highest BCUT2D eigenvalue weighted by molar-refractivity contribution is 7.99. The molecule has 0 saturated carbocycles. The van der Waals surface area contributed by atoms with Gasteiger partial charge < -0.3 is 0 Å². The van der Waals surface area contributed by atoms with Gasteiger partial charge in [0, 0.05) is 0 Å². The van der Waals surface area contributed by atoms with E-state index in [1.54, 1.807) is 9.25 Å². The Labute approximate surface area is 195 Å². The molecule has 0 aliphatic heterocycles. The number of rotatable bonds is 5. The lowest BCUT2D eigenvalue weighted by Gasteiger charge is -2.19. The summed E-state index contributed by atoms with van der Waals surface area (Å²) in [4.78, 5) is 18.6. The highest BCUT2D eigenvalue weighted by Crippen LogP contribution is 2.35. The molecule has 7 nitrogen and oxygen atoms in total. The Morgan fingerprint density at radius 3 is 2.33 bits per heavy atom. The number of aryl methyl sites for hydroxylation is 2. The van der Waals surface area contributed by atoms with Crippen LogP contribution < -0.4 is 5.56 Å².